The highest BCUT2D eigenvalue weighted by molar-refractivity contribution is 7.14. The Morgan fingerprint density at radius 1 is 1.26 bits per heavy atom. The van der Waals surface area contributed by atoms with Gasteiger partial charge in [-0.2, -0.15) is 0 Å². The summed E-state index contributed by atoms with van der Waals surface area (Å²) >= 11 is 1.28. The first-order valence-corrected chi connectivity index (χ1v) is 9.34. The summed E-state index contributed by atoms with van der Waals surface area (Å²) in [5.41, 5.74) is 0.789. The summed E-state index contributed by atoms with van der Waals surface area (Å²) in [5, 5.41) is 8.40. The molecule has 27 heavy (non-hydrogen) atoms. The van der Waals surface area contributed by atoms with Gasteiger partial charge >= 0.3 is 6.09 Å². The van der Waals surface area contributed by atoms with Crippen LogP contribution in [0.2, 0.25) is 0 Å². The minimum atomic E-state index is -0.765. The lowest BCUT2D eigenvalue weighted by molar-refractivity contribution is -0.117. The van der Waals surface area contributed by atoms with Crippen molar-refractivity contribution in [1.29, 1.82) is 0 Å². The lowest BCUT2D eigenvalue weighted by Crippen LogP contribution is -2.43. The number of amides is 2. The third-order valence-corrected chi connectivity index (χ3v) is 4.30. The number of alkyl carbamates (subject to hydrolysis) is 1. The highest BCUT2D eigenvalue weighted by Gasteiger charge is 2.22. The molecule has 3 rings (SSSR count). The molecule has 0 spiro atoms. The summed E-state index contributed by atoms with van der Waals surface area (Å²) in [6.45, 7) is 6.85. The van der Waals surface area contributed by atoms with Crippen LogP contribution in [0, 0.1) is 0 Å². The van der Waals surface area contributed by atoms with Gasteiger partial charge in [-0.1, -0.05) is 18.2 Å². The van der Waals surface area contributed by atoms with Crippen molar-refractivity contribution in [3.63, 3.8) is 0 Å². The molecular weight excluding hydrogens is 366 g/mol. The highest BCUT2D eigenvalue weighted by atomic mass is 32.1. The van der Waals surface area contributed by atoms with Gasteiger partial charge in [0.1, 0.15) is 22.9 Å². The van der Waals surface area contributed by atoms with Crippen LogP contribution in [0.1, 0.15) is 27.7 Å². The summed E-state index contributed by atoms with van der Waals surface area (Å²) < 4.78 is 10.9. The SMILES string of the molecule is CC(NC(=O)OC(C)(C)C)C(=O)Nc1nc(-c2cc3ccccc3o2)cs1. The molecule has 0 aliphatic carbocycles. The molecule has 2 heterocycles. The molecule has 7 nitrogen and oxygen atoms in total. The average Bonchev–Trinajstić information content (AvgIpc) is 3.18. The number of benzene rings is 1. The molecule has 2 amide bonds. The first kappa shape index (κ1) is 18.9. The summed E-state index contributed by atoms with van der Waals surface area (Å²) in [6, 6.07) is 8.83. The van der Waals surface area contributed by atoms with E-state index >= 15 is 0 Å². The number of para-hydroxylation sites is 1. The Bertz CT molecular complexity index is 938. The van der Waals surface area contributed by atoms with Crippen molar-refractivity contribution in [3.05, 3.63) is 35.7 Å². The van der Waals surface area contributed by atoms with E-state index in [9.17, 15) is 9.59 Å². The molecule has 0 fully saturated rings. The van der Waals surface area contributed by atoms with Crippen molar-refractivity contribution < 1.29 is 18.7 Å². The van der Waals surface area contributed by atoms with E-state index in [1.54, 1.807) is 33.1 Å². The molecule has 0 saturated heterocycles. The third kappa shape index (κ3) is 4.85. The van der Waals surface area contributed by atoms with Crippen LogP contribution in [0.15, 0.2) is 40.1 Å². The second-order valence-corrected chi connectivity index (χ2v) is 7.90. The van der Waals surface area contributed by atoms with Gasteiger partial charge in [0.05, 0.1) is 0 Å². The van der Waals surface area contributed by atoms with Gasteiger partial charge in [0.15, 0.2) is 10.9 Å². The molecule has 1 aromatic carbocycles. The quantitative estimate of drug-likeness (QED) is 0.692. The highest BCUT2D eigenvalue weighted by Crippen LogP contribution is 2.30. The van der Waals surface area contributed by atoms with Gasteiger partial charge in [-0.15, -0.1) is 11.3 Å². The predicted octanol–water partition coefficient (Wildman–Crippen LogP) is 4.41. The van der Waals surface area contributed by atoms with Gasteiger partial charge in [-0.3, -0.25) is 4.79 Å². The van der Waals surface area contributed by atoms with E-state index in [1.807, 2.05) is 30.3 Å². The Morgan fingerprint density at radius 3 is 2.70 bits per heavy atom. The number of hydrogen-bond acceptors (Lipinski definition) is 6. The number of carbonyl (C=O) groups excluding carboxylic acids is 2. The number of rotatable bonds is 4. The van der Waals surface area contributed by atoms with Crippen molar-refractivity contribution >= 4 is 39.4 Å². The molecule has 8 heteroatoms. The second-order valence-electron chi connectivity index (χ2n) is 7.04. The number of carbonyl (C=O) groups is 2. The maximum atomic E-state index is 12.3. The third-order valence-electron chi connectivity index (χ3n) is 3.54. The van der Waals surface area contributed by atoms with Crippen LogP contribution in [-0.2, 0) is 9.53 Å². The van der Waals surface area contributed by atoms with E-state index in [2.05, 4.69) is 15.6 Å². The monoisotopic (exact) mass is 387 g/mol. The molecule has 2 aromatic heterocycles. The summed E-state index contributed by atoms with van der Waals surface area (Å²) in [5.74, 6) is 0.249. The fraction of sp³-hybridized carbons (Fsp3) is 0.316. The number of thiazole rings is 1. The molecular formula is C19H21N3O4S. The number of hydrogen-bond donors (Lipinski definition) is 2. The van der Waals surface area contributed by atoms with Gasteiger partial charge in [-0.05, 0) is 39.8 Å². The standard InChI is InChI=1S/C19H21N3O4S/c1-11(20-18(24)26-19(2,3)4)16(23)22-17-21-13(10-27-17)15-9-12-7-5-6-8-14(12)25-15/h5-11H,1-4H3,(H,20,24)(H,21,22,23). The number of aromatic nitrogens is 1. The Morgan fingerprint density at radius 2 is 2.00 bits per heavy atom. The fourth-order valence-electron chi connectivity index (χ4n) is 2.32. The van der Waals surface area contributed by atoms with E-state index in [-0.39, 0.29) is 5.91 Å². The Labute approximate surface area is 160 Å². The van der Waals surface area contributed by atoms with E-state index in [4.69, 9.17) is 9.15 Å². The van der Waals surface area contributed by atoms with Crippen molar-refractivity contribution in [1.82, 2.24) is 10.3 Å². The molecule has 1 unspecified atom stereocenters. The molecule has 0 aliphatic heterocycles. The number of nitrogens with zero attached hydrogens (tertiary/aromatic N) is 1. The number of ether oxygens (including phenoxy) is 1. The van der Waals surface area contributed by atoms with Crippen LogP contribution >= 0.6 is 11.3 Å². The molecule has 0 radical (unpaired) electrons. The van der Waals surface area contributed by atoms with Crippen LogP contribution in [0.4, 0.5) is 9.93 Å². The Balaban J connectivity index is 1.63. The normalized spacial score (nSPS) is 12.6. The van der Waals surface area contributed by atoms with E-state index in [0.29, 0.717) is 16.6 Å². The van der Waals surface area contributed by atoms with Crippen molar-refractivity contribution in [3.8, 4) is 11.5 Å². The minimum Gasteiger partial charge on any atom is -0.454 e. The van der Waals surface area contributed by atoms with E-state index in [0.717, 1.165) is 11.0 Å². The molecule has 2 N–H and O–H groups in total. The molecule has 3 aromatic rings. The zero-order chi connectivity index (χ0) is 19.6. The maximum Gasteiger partial charge on any atom is 0.408 e. The first-order chi connectivity index (χ1) is 12.7. The lowest BCUT2D eigenvalue weighted by atomic mass is 10.2. The smallest absolute Gasteiger partial charge is 0.408 e. The van der Waals surface area contributed by atoms with Crippen LogP contribution in [-0.4, -0.2) is 28.6 Å². The summed E-state index contributed by atoms with van der Waals surface area (Å²) in [6.07, 6.45) is -0.646. The van der Waals surface area contributed by atoms with Gasteiger partial charge in [-0.25, -0.2) is 9.78 Å². The molecule has 0 saturated carbocycles. The molecule has 142 valence electrons. The number of nitrogens with one attached hydrogen (secondary N) is 2. The fourth-order valence-corrected chi connectivity index (χ4v) is 3.02. The van der Waals surface area contributed by atoms with Gasteiger partial charge in [0.25, 0.3) is 0 Å². The maximum absolute atomic E-state index is 12.3. The zero-order valence-electron chi connectivity index (χ0n) is 15.5. The second kappa shape index (κ2) is 7.40. The summed E-state index contributed by atoms with van der Waals surface area (Å²) in [7, 11) is 0. The minimum absolute atomic E-state index is 0.383. The first-order valence-electron chi connectivity index (χ1n) is 8.46. The lowest BCUT2D eigenvalue weighted by Gasteiger charge is -2.21. The van der Waals surface area contributed by atoms with Gasteiger partial charge in [0, 0.05) is 10.8 Å². The Kier molecular flexibility index (Phi) is 5.18. The van der Waals surface area contributed by atoms with Crippen LogP contribution < -0.4 is 10.6 Å². The molecule has 1 atom stereocenters. The van der Waals surface area contributed by atoms with Crippen molar-refractivity contribution in [2.75, 3.05) is 5.32 Å². The van der Waals surface area contributed by atoms with Gasteiger partial charge < -0.3 is 19.8 Å². The average molecular weight is 387 g/mol. The molecule has 0 bridgehead atoms. The topological polar surface area (TPSA) is 93.5 Å². The van der Waals surface area contributed by atoms with Crippen molar-refractivity contribution in [2.45, 2.75) is 39.3 Å². The summed E-state index contributed by atoms with van der Waals surface area (Å²) in [4.78, 5) is 28.4. The van der Waals surface area contributed by atoms with E-state index in [1.165, 1.54) is 11.3 Å². The number of furan rings is 1. The van der Waals surface area contributed by atoms with Crippen LogP contribution in [0.25, 0.3) is 22.4 Å². The Hall–Kier alpha value is -2.87. The van der Waals surface area contributed by atoms with Gasteiger partial charge in [0.2, 0.25) is 5.91 Å². The van der Waals surface area contributed by atoms with Crippen LogP contribution in [0.5, 0.6) is 0 Å². The zero-order valence-corrected chi connectivity index (χ0v) is 16.3. The largest absolute Gasteiger partial charge is 0.454 e. The number of fused-ring (bicyclic) bond motifs is 1. The predicted molar refractivity (Wildman–Crippen MR) is 105 cm³/mol. The van der Waals surface area contributed by atoms with E-state index < -0.39 is 17.7 Å². The van der Waals surface area contributed by atoms with Crippen molar-refractivity contribution in [2.24, 2.45) is 0 Å². The number of anilines is 1. The molecule has 0 aliphatic rings. The van der Waals surface area contributed by atoms with Crippen LogP contribution in [0.3, 0.4) is 0 Å².